The first-order valence-corrected chi connectivity index (χ1v) is 6.61. The molecule has 22 heavy (non-hydrogen) atoms. The van der Waals surface area contributed by atoms with Gasteiger partial charge in [-0.3, -0.25) is 5.43 Å². The molecule has 0 fully saturated rings. The van der Waals surface area contributed by atoms with Crippen molar-refractivity contribution in [3.8, 4) is 11.3 Å². The Morgan fingerprint density at radius 3 is 2.68 bits per heavy atom. The Hall–Kier alpha value is -2.06. The zero-order valence-corrected chi connectivity index (χ0v) is 12.4. The summed E-state index contributed by atoms with van der Waals surface area (Å²) in [4.78, 5) is 0. The van der Waals surface area contributed by atoms with Crippen LogP contribution in [0.1, 0.15) is 11.3 Å². The van der Waals surface area contributed by atoms with E-state index in [-0.39, 0.29) is 21.5 Å². The summed E-state index contributed by atoms with van der Waals surface area (Å²) in [6.45, 7) is 0. The number of nitrogens with one attached hydrogen (secondary N) is 1. The highest BCUT2D eigenvalue weighted by Gasteiger charge is 2.31. The van der Waals surface area contributed by atoms with Crippen LogP contribution in [0.5, 0.6) is 0 Å². The highest BCUT2D eigenvalue weighted by molar-refractivity contribution is 7.80. The molecule has 0 radical (unpaired) electrons. The Balaban J connectivity index is 2.31. The molecular weight excluding hydrogens is 339 g/mol. The van der Waals surface area contributed by atoms with E-state index in [4.69, 9.17) is 21.8 Å². The molecule has 9 heteroatoms. The summed E-state index contributed by atoms with van der Waals surface area (Å²) in [6.07, 6.45) is -3.18. The number of halogens is 4. The minimum atomic E-state index is -4.46. The molecule has 2 aromatic rings. The van der Waals surface area contributed by atoms with Crippen molar-refractivity contribution in [3.05, 3.63) is 46.7 Å². The lowest BCUT2D eigenvalue weighted by Gasteiger charge is -2.09. The van der Waals surface area contributed by atoms with Crippen molar-refractivity contribution in [3.63, 3.8) is 0 Å². The number of furan rings is 1. The Labute approximate surface area is 133 Å². The van der Waals surface area contributed by atoms with Crippen LogP contribution in [0.25, 0.3) is 11.3 Å². The van der Waals surface area contributed by atoms with E-state index in [1.165, 1.54) is 24.4 Å². The fourth-order valence-corrected chi connectivity index (χ4v) is 1.88. The molecule has 0 unspecified atom stereocenters. The van der Waals surface area contributed by atoms with Gasteiger partial charge in [0.05, 0.1) is 16.8 Å². The molecule has 0 spiro atoms. The average Bonchev–Trinajstić information content (AvgIpc) is 2.86. The van der Waals surface area contributed by atoms with Crippen molar-refractivity contribution in [2.75, 3.05) is 0 Å². The van der Waals surface area contributed by atoms with Gasteiger partial charge in [-0.2, -0.15) is 18.3 Å². The molecule has 0 saturated carbocycles. The number of alkyl halides is 3. The summed E-state index contributed by atoms with van der Waals surface area (Å²) in [5, 5.41) is 3.80. The number of nitrogens with zero attached hydrogens (tertiary/aromatic N) is 1. The van der Waals surface area contributed by atoms with Gasteiger partial charge in [0.25, 0.3) is 0 Å². The van der Waals surface area contributed by atoms with Gasteiger partial charge in [0.1, 0.15) is 11.5 Å². The molecule has 1 aromatic heterocycles. The third kappa shape index (κ3) is 3.99. The molecule has 0 bridgehead atoms. The van der Waals surface area contributed by atoms with Crippen LogP contribution in [-0.4, -0.2) is 11.3 Å². The molecule has 0 aliphatic carbocycles. The molecule has 0 aliphatic rings. The molecule has 2 rings (SSSR count). The van der Waals surface area contributed by atoms with E-state index in [0.717, 1.165) is 12.1 Å². The van der Waals surface area contributed by atoms with E-state index in [1.807, 2.05) is 0 Å². The number of rotatable bonds is 3. The van der Waals surface area contributed by atoms with E-state index < -0.39 is 11.7 Å². The zero-order chi connectivity index (χ0) is 16.3. The van der Waals surface area contributed by atoms with Gasteiger partial charge in [0, 0.05) is 5.56 Å². The number of hydrazone groups is 1. The molecule has 0 aliphatic heterocycles. The maximum atomic E-state index is 12.7. The lowest BCUT2D eigenvalue weighted by atomic mass is 10.1. The third-order valence-corrected chi connectivity index (χ3v) is 2.97. The van der Waals surface area contributed by atoms with Crippen molar-refractivity contribution in [2.45, 2.75) is 6.18 Å². The minimum Gasteiger partial charge on any atom is -0.455 e. The summed E-state index contributed by atoms with van der Waals surface area (Å²) < 4.78 is 43.6. The van der Waals surface area contributed by atoms with E-state index in [9.17, 15) is 13.2 Å². The van der Waals surface area contributed by atoms with Gasteiger partial charge < -0.3 is 10.2 Å². The summed E-state index contributed by atoms with van der Waals surface area (Å²) in [6, 6.07) is 6.02. The van der Waals surface area contributed by atoms with Gasteiger partial charge in [0.15, 0.2) is 5.11 Å². The summed E-state index contributed by atoms with van der Waals surface area (Å²) in [5.41, 5.74) is 6.84. The Morgan fingerprint density at radius 1 is 1.32 bits per heavy atom. The zero-order valence-electron chi connectivity index (χ0n) is 10.8. The molecular formula is C13H9ClF3N3OS. The van der Waals surface area contributed by atoms with E-state index in [1.54, 1.807) is 0 Å². The molecule has 1 heterocycles. The van der Waals surface area contributed by atoms with Gasteiger partial charge in [-0.15, -0.1) is 0 Å². The van der Waals surface area contributed by atoms with Crippen LogP contribution in [0, 0.1) is 0 Å². The van der Waals surface area contributed by atoms with Gasteiger partial charge in [-0.05, 0) is 42.5 Å². The largest absolute Gasteiger partial charge is 0.455 e. The molecule has 0 saturated heterocycles. The van der Waals surface area contributed by atoms with Crippen molar-refractivity contribution >= 4 is 35.1 Å². The third-order valence-electron chi connectivity index (χ3n) is 2.55. The molecule has 1 aromatic carbocycles. The van der Waals surface area contributed by atoms with Crippen LogP contribution in [0.15, 0.2) is 39.9 Å². The van der Waals surface area contributed by atoms with Crippen LogP contribution in [0.3, 0.4) is 0 Å². The Kier molecular flexibility index (Phi) is 4.72. The van der Waals surface area contributed by atoms with Crippen LogP contribution >= 0.6 is 23.8 Å². The molecule has 0 amide bonds. The first-order chi connectivity index (χ1) is 10.3. The second kappa shape index (κ2) is 6.37. The van der Waals surface area contributed by atoms with Gasteiger partial charge in [-0.1, -0.05) is 11.6 Å². The first-order valence-electron chi connectivity index (χ1n) is 5.83. The average molecular weight is 348 g/mol. The number of nitrogens with two attached hydrogens (primary N) is 1. The predicted molar refractivity (Wildman–Crippen MR) is 81.7 cm³/mol. The predicted octanol–water partition coefficient (Wildman–Crippen LogP) is 3.79. The first kappa shape index (κ1) is 16.3. The fourth-order valence-electron chi connectivity index (χ4n) is 1.62. The van der Waals surface area contributed by atoms with Crippen LogP contribution in [0.2, 0.25) is 5.02 Å². The van der Waals surface area contributed by atoms with E-state index >= 15 is 0 Å². The second-order valence-electron chi connectivity index (χ2n) is 4.13. The van der Waals surface area contributed by atoms with Crippen LogP contribution < -0.4 is 11.2 Å². The highest BCUT2D eigenvalue weighted by Crippen LogP contribution is 2.36. The topological polar surface area (TPSA) is 63.5 Å². The summed E-state index contributed by atoms with van der Waals surface area (Å²) >= 11 is 10.5. The van der Waals surface area contributed by atoms with Crippen molar-refractivity contribution in [1.29, 1.82) is 0 Å². The molecule has 3 N–H and O–H groups in total. The number of thiocarbonyl (C=S) groups is 1. The van der Waals surface area contributed by atoms with Gasteiger partial charge >= 0.3 is 6.18 Å². The second-order valence-corrected chi connectivity index (χ2v) is 4.98. The molecule has 0 atom stereocenters. The molecule has 4 nitrogen and oxygen atoms in total. The highest BCUT2D eigenvalue weighted by atomic mass is 35.5. The van der Waals surface area contributed by atoms with Gasteiger partial charge in [0.2, 0.25) is 0 Å². The Bertz CT molecular complexity index is 728. The standard InChI is InChI=1S/C13H9ClF3N3OS/c14-10-3-1-7(13(15,16)17)5-9(10)11-4-2-8(21-11)6-19-20-12(18)22/h1-6H,(H3,18,20,22). The maximum absolute atomic E-state index is 12.7. The SMILES string of the molecule is NC(=S)NN=Cc1ccc(-c2cc(C(F)(F)F)ccc2Cl)o1. The normalized spacial score (nSPS) is 11.8. The number of benzene rings is 1. The quantitative estimate of drug-likeness (QED) is 0.504. The van der Waals surface area contributed by atoms with Crippen LogP contribution in [-0.2, 0) is 6.18 Å². The minimum absolute atomic E-state index is 0.0241. The summed E-state index contributed by atoms with van der Waals surface area (Å²) in [5.74, 6) is 0.486. The summed E-state index contributed by atoms with van der Waals surface area (Å²) in [7, 11) is 0. The van der Waals surface area contributed by atoms with Crippen LogP contribution in [0.4, 0.5) is 13.2 Å². The van der Waals surface area contributed by atoms with Crippen molar-refractivity contribution in [2.24, 2.45) is 10.8 Å². The monoisotopic (exact) mass is 347 g/mol. The van der Waals surface area contributed by atoms with Crippen molar-refractivity contribution < 1.29 is 17.6 Å². The van der Waals surface area contributed by atoms with Crippen molar-refractivity contribution in [1.82, 2.24) is 5.43 Å². The van der Waals surface area contributed by atoms with E-state index in [0.29, 0.717) is 5.76 Å². The van der Waals surface area contributed by atoms with Gasteiger partial charge in [-0.25, -0.2) is 0 Å². The lowest BCUT2D eigenvalue weighted by Crippen LogP contribution is -2.23. The molecule has 116 valence electrons. The Morgan fingerprint density at radius 2 is 2.05 bits per heavy atom. The number of hydrogen-bond donors (Lipinski definition) is 2. The number of hydrogen-bond acceptors (Lipinski definition) is 3. The fraction of sp³-hybridized carbons (Fsp3) is 0.0769. The maximum Gasteiger partial charge on any atom is 0.416 e. The van der Waals surface area contributed by atoms with E-state index in [2.05, 4.69) is 22.7 Å². The smallest absolute Gasteiger partial charge is 0.416 e. The lowest BCUT2D eigenvalue weighted by molar-refractivity contribution is -0.137.